The zero-order chi connectivity index (χ0) is 38.3. The van der Waals surface area contributed by atoms with E-state index >= 15 is 0 Å². The van der Waals surface area contributed by atoms with Gasteiger partial charge in [0.25, 0.3) is 0 Å². The van der Waals surface area contributed by atoms with Crippen LogP contribution in [0.15, 0.2) is 182 Å². The summed E-state index contributed by atoms with van der Waals surface area (Å²) in [4.78, 5) is 5.15. The highest BCUT2D eigenvalue weighted by Crippen LogP contribution is 2.55. The summed E-state index contributed by atoms with van der Waals surface area (Å²) >= 11 is 0. The zero-order valence-electron chi connectivity index (χ0n) is 32.2. The maximum Gasteiger partial charge on any atom is 0.145 e. The fraction of sp³-hybridized carbons (Fsp3) is 0.0536. The molecule has 0 aliphatic heterocycles. The minimum atomic E-state index is -0.131. The van der Waals surface area contributed by atoms with Crippen molar-refractivity contribution in [2.24, 2.45) is 0 Å². The first-order valence-corrected chi connectivity index (χ1v) is 20.3. The Morgan fingerprint density at radius 3 is 1.83 bits per heavy atom. The number of imidazole rings is 1. The molecule has 0 spiro atoms. The third-order valence-corrected chi connectivity index (χ3v) is 13.4. The maximum absolute atomic E-state index is 5.15. The van der Waals surface area contributed by atoms with Gasteiger partial charge in [-0.25, -0.2) is 4.98 Å². The standard InChI is InChI=1S/C56H36N2/c1-56(2)49-21-10-9-16-39(49)46-30-47-48(31-50(46)56)52(35-24-22-34(23-25-35)51-32-58-29-28-33-12-3-4-13-36(33)55(58)57-51)41-17-7-8-18-42(41)54(47)45-27-26-44-38-15-6-5-14-37(38)40-19-11-20-43(45)53(40)44/h3-32H,1-2H3. The molecule has 2 nitrogen and oxygen atoms in total. The van der Waals surface area contributed by atoms with Crippen LogP contribution in [0, 0.1) is 0 Å². The van der Waals surface area contributed by atoms with Gasteiger partial charge >= 0.3 is 0 Å². The molecule has 2 aliphatic carbocycles. The highest BCUT2D eigenvalue weighted by atomic mass is 15.0. The molecule has 0 atom stereocenters. The number of pyridine rings is 1. The summed E-state index contributed by atoms with van der Waals surface area (Å²) in [6.07, 6.45) is 4.26. The van der Waals surface area contributed by atoms with E-state index in [1.807, 2.05) is 0 Å². The average molecular weight is 737 g/mol. The first-order chi connectivity index (χ1) is 28.5. The van der Waals surface area contributed by atoms with E-state index in [9.17, 15) is 0 Å². The van der Waals surface area contributed by atoms with Crippen LogP contribution in [-0.2, 0) is 5.41 Å². The number of rotatable bonds is 3. The van der Waals surface area contributed by atoms with Crippen LogP contribution < -0.4 is 0 Å². The van der Waals surface area contributed by atoms with Crippen LogP contribution in [0.2, 0.25) is 0 Å². The van der Waals surface area contributed by atoms with Gasteiger partial charge in [0.1, 0.15) is 5.65 Å². The summed E-state index contributed by atoms with van der Waals surface area (Å²) in [7, 11) is 0. The van der Waals surface area contributed by atoms with Crippen molar-refractivity contribution in [1.82, 2.24) is 9.38 Å². The highest BCUT2D eigenvalue weighted by molar-refractivity contribution is 6.27. The Morgan fingerprint density at radius 2 is 1.02 bits per heavy atom. The first-order valence-electron chi connectivity index (χ1n) is 20.3. The van der Waals surface area contributed by atoms with Crippen molar-refractivity contribution in [2.75, 3.05) is 0 Å². The molecule has 2 aliphatic rings. The Hall–Kier alpha value is -7.29. The number of hydrogen-bond donors (Lipinski definition) is 0. The molecular weight excluding hydrogens is 701 g/mol. The highest BCUT2D eigenvalue weighted by Gasteiger charge is 2.36. The van der Waals surface area contributed by atoms with Crippen molar-refractivity contribution >= 4 is 48.7 Å². The van der Waals surface area contributed by atoms with E-state index in [-0.39, 0.29) is 5.41 Å². The molecule has 270 valence electrons. The van der Waals surface area contributed by atoms with Crippen molar-refractivity contribution in [3.05, 3.63) is 193 Å². The minimum absolute atomic E-state index is 0.131. The van der Waals surface area contributed by atoms with E-state index in [4.69, 9.17) is 4.98 Å². The number of benzene rings is 9. The average Bonchev–Trinajstić information content (AvgIpc) is 3.92. The molecule has 0 fully saturated rings. The van der Waals surface area contributed by atoms with Crippen LogP contribution in [-0.4, -0.2) is 9.38 Å². The van der Waals surface area contributed by atoms with Gasteiger partial charge < -0.3 is 4.40 Å². The number of hydrogen-bond acceptors (Lipinski definition) is 1. The van der Waals surface area contributed by atoms with E-state index in [1.54, 1.807) is 0 Å². The van der Waals surface area contributed by atoms with Gasteiger partial charge in [0.05, 0.1) is 5.69 Å². The SMILES string of the molecule is CC1(C)c2ccccc2-c2cc3c(-c4ccc5c6c(cccc46)-c4ccccc4-5)c4ccccc4c(-c4ccc(-c5cn6ccc7ccccc7c6n5)cc4)c3cc21. The molecule has 13 rings (SSSR count). The van der Waals surface area contributed by atoms with Crippen LogP contribution in [0.5, 0.6) is 0 Å². The number of aromatic nitrogens is 2. The van der Waals surface area contributed by atoms with Gasteiger partial charge in [0.2, 0.25) is 0 Å². The molecule has 0 unspecified atom stereocenters. The molecule has 58 heavy (non-hydrogen) atoms. The molecule has 0 amide bonds. The fourth-order valence-electron chi connectivity index (χ4n) is 10.7. The van der Waals surface area contributed by atoms with E-state index in [2.05, 4.69) is 201 Å². The lowest BCUT2D eigenvalue weighted by molar-refractivity contribution is 0.661. The molecule has 0 bridgehead atoms. The second-order valence-electron chi connectivity index (χ2n) is 16.7. The quantitative estimate of drug-likeness (QED) is 0.165. The van der Waals surface area contributed by atoms with Crippen molar-refractivity contribution in [2.45, 2.75) is 19.3 Å². The topological polar surface area (TPSA) is 17.3 Å². The van der Waals surface area contributed by atoms with Crippen molar-refractivity contribution < 1.29 is 0 Å². The molecule has 2 heterocycles. The van der Waals surface area contributed by atoms with Gasteiger partial charge in [0.15, 0.2) is 0 Å². The van der Waals surface area contributed by atoms with Gasteiger partial charge in [-0.1, -0.05) is 166 Å². The Morgan fingerprint density at radius 1 is 0.414 bits per heavy atom. The van der Waals surface area contributed by atoms with E-state index < -0.39 is 0 Å². The summed E-state index contributed by atoms with van der Waals surface area (Å²) in [6.45, 7) is 4.78. The maximum atomic E-state index is 5.15. The fourth-order valence-corrected chi connectivity index (χ4v) is 10.7. The lowest BCUT2D eigenvalue weighted by Gasteiger charge is -2.24. The van der Waals surface area contributed by atoms with Gasteiger partial charge in [-0.2, -0.15) is 0 Å². The summed E-state index contributed by atoms with van der Waals surface area (Å²) in [5, 5.41) is 10.1. The molecule has 11 aromatic rings. The molecule has 0 saturated carbocycles. The van der Waals surface area contributed by atoms with E-state index in [0.29, 0.717) is 0 Å². The van der Waals surface area contributed by atoms with Crippen LogP contribution in [0.25, 0.3) is 116 Å². The predicted molar refractivity (Wildman–Crippen MR) is 244 cm³/mol. The Labute approximate surface area is 336 Å². The Balaban J connectivity index is 1.09. The van der Waals surface area contributed by atoms with Crippen LogP contribution in [0.3, 0.4) is 0 Å². The minimum Gasteiger partial charge on any atom is -0.306 e. The van der Waals surface area contributed by atoms with E-state index in [1.165, 1.54) is 104 Å². The van der Waals surface area contributed by atoms with Gasteiger partial charge in [-0.15, -0.1) is 0 Å². The first kappa shape index (κ1) is 31.9. The number of fused-ring (bicyclic) bond motifs is 11. The van der Waals surface area contributed by atoms with Gasteiger partial charge in [-0.3, -0.25) is 0 Å². The summed E-state index contributed by atoms with van der Waals surface area (Å²) < 4.78 is 2.14. The van der Waals surface area contributed by atoms with Crippen molar-refractivity contribution in [1.29, 1.82) is 0 Å². The normalized spacial score (nSPS) is 13.5. The summed E-state index contributed by atoms with van der Waals surface area (Å²) in [6, 6.07) is 63.4. The van der Waals surface area contributed by atoms with E-state index in [0.717, 1.165) is 22.3 Å². The third kappa shape index (κ3) is 4.19. The lowest BCUT2D eigenvalue weighted by Crippen LogP contribution is -2.14. The summed E-state index contributed by atoms with van der Waals surface area (Å²) in [5.74, 6) is 0. The summed E-state index contributed by atoms with van der Waals surface area (Å²) in [5.41, 5.74) is 18.7. The Kier molecular flexibility index (Phi) is 6.26. The second kappa shape index (κ2) is 11.4. The monoisotopic (exact) mass is 736 g/mol. The smallest absolute Gasteiger partial charge is 0.145 e. The van der Waals surface area contributed by atoms with Crippen LogP contribution in [0.1, 0.15) is 25.0 Å². The number of nitrogens with zero attached hydrogens (tertiary/aromatic N) is 2. The third-order valence-electron chi connectivity index (χ3n) is 13.4. The van der Waals surface area contributed by atoms with Crippen LogP contribution >= 0.6 is 0 Å². The Bertz CT molecular complexity index is 3550. The molecule has 0 saturated heterocycles. The zero-order valence-corrected chi connectivity index (χ0v) is 32.2. The molecule has 2 aromatic heterocycles. The predicted octanol–water partition coefficient (Wildman–Crippen LogP) is 14.9. The molecule has 0 radical (unpaired) electrons. The van der Waals surface area contributed by atoms with Crippen molar-refractivity contribution in [3.63, 3.8) is 0 Å². The molecule has 2 heteroatoms. The van der Waals surface area contributed by atoms with Gasteiger partial charge in [0, 0.05) is 28.8 Å². The largest absolute Gasteiger partial charge is 0.306 e. The second-order valence-corrected chi connectivity index (χ2v) is 16.7. The van der Waals surface area contributed by atoms with Crippen molar-refractivity contribution in [3.8, 4) is 66.9 Å². The van der Waals surface area contributed by atoms with Crippen LogP contribution in [0.4, 0.5) is 0 Å². The molecule has 0 N–H and O–H groups in total. The molecular formula is C56H36N2. The lowest BCUT2D eigenvalue weighted by atomic mass is 9.79. The van der Waals surface area contributed by atoms with Gasteiger partial charge in [-0.05, 0) is 123 Å². The molecule has 9 aromatic carbocycles.